The van der Waals surface area contributed by atoms with Crippen LogP contribution in [-0.2, 0) is 4.79 Å². The summed E-state index contributed by atoms with van der Waals surface area (Å²) in [5.41, 5.74) is 2.33. The Hall–Kier alpha value is -0.850. The normalized spacial score (nSPS) is 23.6. The number of ketones is 1. The molecule has 2 atom stereocenters. The van der Waals surface area contributed by atoms with Crippen molar-refractivity contribution < 1.29 is 4.79 Å². The van der Waals surface area contributed by atoms with Crippen LogP contribution < -0.4 is 0 Å². The third kappa shape index (κ3) is 3.13. The van der Waals surface area contributed by atoms with Crippen LogP contribution in [0.1, 0.15) is 60.8 Å². The Bertz CT molecular complexity index is 371. The van der Waals surface area contributed by atoms with Crippen LogP contribution >= 0.6 is 0 Å². The lowest BCUT2D eigenvalue weighted by Crippen LogP contribution is -2.30. The molecule has 0 bridgehead atoms. The smallest absolute Gasteiger partial charge is 0.143 e. The fourth-order valence-electron chi connectivity index (χ4n) is 2.59. The minimum absolute atomic E-state index is 0.298. The predicted octanol–water partition coefficient (Wildman–Crippen LogP) is 4.93. The molecule has 0 N–H and O–H groups in total. The number of hydrogen-bond donors (Lipinski definition) is 0. The molecule has 0 saturated carbocycles. The zero-order valence-corrected chi connectivity index (χ0v) is 12.8. The Kier molecular flexibility index (Phi) is 4.95. The zero-order chi connectivity index (χ0) is 13.9. The van der Waals surface area contributed by atoms with Crippen LogP contribution in [0.15, 0.2) is 23.3 Å². The van der Waals surface area contributed by atoms with E-state index in [4.69, 9.17) is 0 Å². The predicted molar refractivity (Wildman–Crippen MR) is 78.5 cm³/mol. The lowest BCUT2D eigenvalue weighted by Gasteiger charge is -2.31. The van der Waals surface area contributed by atoms with Crippen molar-refractivity contribution in [1.29, 1.82) is 0 Å². The van der Waals surface area contributed by atoms with Crippen LogP contribution in [0.5, 0.6) is 0 Å². The van der Waals surface area contributed by atoms with Crippen LogP contribution in [-0.4, -0.2) is 5.78 Å². The minimum Gasteiger partial charge on any atom is -0.299 e. The van der Waals surface area contributed by atoms with Gasteiger partial charge < -0.3 is 0 Å². The summed E-state index contributed by atoms with van der Waals surface area (Å²) in [6.45, 7) is 13.1. The van der Waals surface area contributed by atoms with Gasteiger partial charge in [0.1, 0.15) is 5.78 Å². The van der Waals surface area contributed by atoms with E-state index in [2.05, 4.69) is 53.7 Å². The van der Waals surface area contributed by atoms with E-state index < -0.39 is 0 Å². The molecule has 1 aliphatic rings. The fourth-order valence-corrected chi connectivity index (χ4v) is 2.59. The van der Waals surface area contributed by atoms with E-state index in [1.807, 2.05) is 0 Å². The van der Waals surface area contributed by atoms with Crippen LogP contribution in [0.3, 0.4) is 0 Å². The van der Waals surface area contributed by atoms with E-state index in [0.29, 0.717) is 24.0 Å². The van der Waals surface area contributed by atoms with Gasteiger partial charge in [-0.25, -0.2) is 0 Å². The molecule has 0 aliphatic heterocycles. The first-order valence-electron chi connectivity index (χ1n) is 7.22. The van der Waals surface area contributed by atoms with E-state index in [1.54, 1.807) is 0 Å². The molecule has 0 spiro atoms. The Morgan fingerprint density at radius 2 is 1.89 bits per heavy atom. The topological polar surface area (TPSA) is 17.1 Å². The summed E-state index contributed by atoms with van der Waals surface area (Å²) < 4.78 is 0. The van der Waals surface area contributed by atoms with E-state index in [-0.39, 0.29) is 5.41 Å². The molecule has 1 aliphatic carbocycles. The highest BCUT2D eigenvalue weighted by molar-refractivity contribution is 5.89. The van der Waals surface area contributed by atoms with Crippen molar-refractivity contribution in [3.8, 4) is 0 Å². The van der Waals surface area contributed by atoms with Gasteiger partial charge in [-0.05, 0) is 44.6 Å². The minimum atomic E-state index is -0.298. The first-order valence-corrected chi connectivity index (χ1v) is 7.22. The fraction of sp³-hybridized carbons (Fsp3) is 0.706. The van der Waals surface area contributed by atoms with Crippen LogP contribution in [0.2, 0.25) is 0 Å². The Labute approximate surface area is 112 Å². The molecule has 102 valence electrons. The average molecular weight is 248 g/mol. The highest BCUT2D eigenvalue weighted by Crippen LogP contribution is 2.38. The summed E-state index contributed by atoms with van der Waals surface area (Å²) >= 11 is 0. The molecule has 0 heterocycles. The third-order valence-corrected chi connectivity index (χ3v) is 4.67. The number of Topliss-reactive ketones (excluding diaryl/α,β-unsaturated/α-hetero) is 1. The van der Waals surface area contributed by atoms with Crippen molar-refractivity contribution in [2.45, 2.75) is 60.8 Å². The van der Waals surface area contributed by atoms with Crippen molar-refractivity contribution in [1.82, 2.24) is 0 Å². The molecular weight excluding hydrogens is 220 g/mol. The van der Waals surface area contributed by atoms with Crippen molar-refractivity contribution in [2.24, 2.45) is 17.3 Å². The summed E-state index contributed by atoms with van der Waals surface area (Å²) in [6, 6.07) is 0. The van der Waals surface area contributed by atoms with E-state index in [0.717, 1.165) is 6.42 Å². The molecule has 1 heteroatoms. The molecule has 0 aromatic heterocycles. The van der Waals surface area contributed by atoms with Gasteiger partial charge in [-0.1, -0.05) is 44.9 Å². The molecule has 1 rings (SSSR count). The second-order valence-corrected chi connectivity index (χ2v) is 6.35. The summed E-state index contributed by atoms with van der Waals surface area (Å²) in [7, 11) is 0. The largest absolute Gasteiger partial charge is 0.299 e. The molecular formula is C17H28O. The second-order valence-electron chi connectivity index (χ2n) is 6.35. The third-order valence-electron chi connectivity index (χ3n) is 4.67. The standard InChI is InChI=1S/C17H28O/c1-7-12(2)13(3)8-10-15-14(4)9-11-16(18)17(15,5)6/h8,10,12-13H,7,9,11H2,1-6H3/b10-8+. The van der Waals surface area contributed by atoms with Gasteiger partial charge >= 0.3 is 0 Å². The molecule has 2 unspecified atom stereocenters. The molecule has 0 amide bonds. The van der Waals surface area contributed by atoms with Gasteiger partial charge in [0.2, 0.25) is 0 Å². The van der Waals surface area contributed by atoms with E-state index in [1.165, 1.54) is 17.6 Å². The summed E-state index contributed by atoms with van der Waals surface area (Å²) in [5.74, 6) is 1.65. The maximum absolute atomic E-state index is 12.0. The zero-order valence-electron chi connectivity index (χ0n) is 12.8. The summed E-state index contributed by atoms with van der Waals surface area (Å²) in [5, 5.41) is 0. The number of allylic oxidation sites excluding steroid dienone is 4. The molecule has 18 heavy (non-hydrogen) atoms. The lowest BCUT2D eigenvalue weighted by atomic mass is 9.71. The van der Waals surface area contributed by atoms with E-state index >= 15 is 0 Å². The van der Waals surface area contributed by atoms with E-state index in [9.17, 15) is 4.79 Å². The number of carbonyl (C=O) groups excluding carboxylic acids is 1. The molecule has 0 saturated heterocycles. The number of rotatable bonds is 4. The van der Waals surface area contributed by atoms with Crippen molar-refractivity contribution in [3.63, 3.8) is 0 Å². The average Bonchev–Trinajstić information content (AvgIpc) is 2.32. The summed E-state index contributed by atoms with van der Waals surface area (Å²) in [4.78, 5) is 12.0. The quantitative estimate of drug-likeness (QED) is 0.689. The maximum atomic E-state index is 12.0. The van der Waals surface area contributed by atoms with Gasteiger partial charge in [-0.15, -0.1) is 0 Å². The van der Waals surface area contributed by atoms with Crippen LogP contribution in [0.25, 0.3) is 0 Å². The first-order chi connectivity index (χ1) is 8.30. The van der Waals surface area contributed by atoms with Gasteiger partial charge in [-0.3, -0.25) is 4.79 Å². The van der Waals surface area contributed by atoms with Gasteiger partial charge in [0.05, 0.1) is 0 Å². The molecule has 0 aromatic carbocycles. The van der Waals surface area contributed by atoms with Crippen molar-refractivity contribution in [3.05, 3.63) is 23.3 Å². The van der Waals surface area contributed by atoms with Gasteiger partial charge in [0, 0.05) is 11.8 Å². The molecule has 0 radical (unpaired) electrons. The second kappa shape index (κ2) is 5.86. The van der Waals surface area contributed by atoms with Gasteiger partial charge in [0.15, 0.2) is 0 Å². The molecule has 0 aromatic rings. The van der Waals surface area contributed by atoms with Crippen molar-refractivity contribution in [2.75, 3.05) is 0 Å². The Balaban J connectivity index is 2.94. The highest BCUT2D eigenvalue weighted by atomic mass is 16.1. The lowest BCUT2D eigenvalue weighted by molar-refractivity contribution is -0.125. The van der Waals surface area contributed by atoms with Gasteiger partial charge in [-0.2, -0.15) is 0 Å². The first kappa shape index (κ1) is 15.2. The molecule has 1 nitrogen and oxygen atoms in total. The monoisotopic (exact) mass is 248 g/mol. The Morgan fingerprint density at radius 3 is 2.44 bits per heavy atom. The summed E-state index contributed by atoms with van der Waals surface area (Å²) in [6.07, 6.45) is 7.33. The molecule has 0 fully saturated rings. The van der Waals surface area contributed by atoms with Gasteiger partial charge in [0.25, 0.3) is 0 Å². The number of carbonyl (C=O) groups is 1. The maximum Gasteiger partial charge on any atom is 0.143 e. The van der Waals surface area contributed by atoms with Crippen LogP contribution in [0, 0.1) is 17.3 Å². The SMILES string of the molecule is CCC(C)C(C)/C=C/C1=C(C)CCC(=O)C1(C)C. The Morgan fingerprint density at radius 1 is 1.28 bits per heavy atom. The van der Waals surface area contributed by atoms with Crippen LogP contribution in [0.4, 0.5) is 0 Å². The highest BCUT2D eigenvalue weighted by Gasteiger charge is 2.34. The number of hydrogen-bond acceptors (Lipinski definition) is 1. The van der Waals surface area contributed by atoms with Crippen molar-refractivity contribution >= 4 is 5.78 Å².